The molecule has 0 aliphatic carbocycles. The van der Waals surface area contributed by atoms with Crippen molar-refractivity contribution in [3.05, 3.63) is 0 Å². The first-order valence-corrected chi connectivity index (χ1v) is 2.19. The molecule has 4 N–H and O–H groups in total. The van der Waals surface area contributed by atoms with Crippen LogP contribution < -0.4 is 20.8 Å². The molecule has 5 nitrogen and oxygen atoms in total. The van der Waals surface area contributed by atoms with E-state index < -0.39 is 7.82 Å². The minimum atomic E-state index is -5.39. The van der Waals surface area contributed by atoms with Gasteiger partial charge in [-0.15, -0.1) is 0 Å². The number of quaternary nitrogens is 1. The van der Waals surface area contributed by atoms with E-state index in [0.717, 1.165) is 0 Å². The molecule has 0 heterocycles. The second-order valence-electron chi connectivity index (χ2n) is 0.447. The predicted molar refractivity (Wildman–Crippen MR) is 13.6 cm³/mol. The van der Waals surface area contributed by atoms with Gasteiger partial charge in [0.2, 0.25) is 0 Å². The second-order valence-corrected chi connectivity index (χ2v) is 1.34. The van der Waals surface area contributed by atoms with E-state index >= 15 is 0 Å². The van der Waals surface area contributed by atoms with E-state index in [4.69, 9.17) is 19.2 Å². The van der Waals surface area contributed by atoms with E-state index in [2.05, 4.69) is 0 Å². The monoisotopic (exact) mass is 161 g/mol. The molecule has 0 saturated carbocycles. The summed E-state index contributed by atoms with van der Waals surface area (Å²) in [5, 5.41) is 0. The zero-order valence-electron chi connectivity index (χ0n) is 3.58. The Balaban J connectivity index is -0.0000000800. The third-order valence-corrected chi connectivity index (χ3v) is 0. The van der Waals surface area contributed by atoms with Crippen LogP contribution in [0.4, 0.5) is 0 Å². The molecule has 0 atom stereocenters. The van der Waals surface area contributed by atoms with Crippen LogP contribution in [-0.4, -0.2) is 0 Å². The molecule has 0 aromatic rings. The molecule has 0 aromatic heterocycles. The summed E-state index contributed by atoms with van der Waals surface area (Å²) in [7, 11) is -5.39. The maximum absolute atomic E-state index is 8.55. The van der Waals surface area contributed by atoms with E-state index in [0.29, 0.717) is 0 Å². The van der Waals surface area contributed by atoms with Gasteiger partial charge >= 0.3 is 21.7 Å². The molecule has 42 valence electrons. The maximum atomic E-state index is 8.55. The molecule has 0 saturated heterocycles. The van der Waals surface area contributed by atoms with Crippen LogP contribution in [0.1, 0.15) is 0 Å². The van der Waals surface area contributed by atoms with Gasteiger partial charge in [-0.3, -0.25) is 0 Å². The van der Waals surface area contributed by atoms with Gasteiger partial charge in [0, 0.05) is 0 Å². The first-order valence-electron chi connectivity index (χ1n) is 0.730. The quantitative estimate of drug-likeness (QED) is 0.312. The summed E-state index contributed by atoms with van der Waals surface area (Å²) >= 11 is 0. The van der Waals surface area contributed by atoms with Crippen LogP contribution in [0.15, 0.2) is 0 Å². The molecule has 0 fully saturated rings. The van der Waals surface area contributed by atoms with Gasteiger partial charge in [-0.1, -0.05) is 0 Å². The summed E-state index contributed by atoms with van der Waals surface area (Å²) in [6, 6.07) is 0. The largest absolute Gasteiger partial charge is 2.00 e. The summed E-state index contributed by atoms with van der Waals surface area (Å²) in [6.45, 7) is 0. The normalized spacial score (nSPS) is 8.43. The van der Waals surface area contributed by atoms with Crippen molar-refractivity contribution in [1.82, 2.24) is 6.15 Å². The summed E-state index contributed by atoms with van der Waals surface area (Å²) in [5.41, 5.74) is 0. The zero-order valence-corrected chi connectivity index (χ0v) is 6.04. The van der Waals surface area contributed by atoms with Crippen molar-refractivity contribution in [1.29, 1.82) is 0 Å². The number of phosphoric acid groups is 1. The Labute approximate surface area is 55.4 Å². The van der Waals surface area contributed by atoms with Crippen molar-refractivity contribution < 1.29 is 41.0 Å². The molecular weight excluding hydrogens is 157 g/mol. The first-order chi connectivity index (χ1) is 2.00. The topological polar surface area (TPSA) is 123 Å². The van der Waals surface area contributed by atoms with Gasteiger partial charge in [0.25, 0.3) is 0 Å². The van der Waals surface area contributed by atoms with Crippen molar-refractivity contribution in [2.24, 2.45) is 0 Å². The predicted octanol–water partition coefficient (Wildman–Crippen LogP) is -2.45. The standard InChI is InChI=1S/H3N.H3O4P.Ti/c;1-5(2,3)4;/h1H3;(H3,1,2,3,4);/q;;+2/p-2. The molecule has 0 rings (SSSR count). The van der Waals surface area contributed by atoms with Gasteiger partial charge in [-0.2, -0.15) is 7.82 Å². The molecule has 0 amide bonds. The smallest absolute Gasteiger partial charge is 0.822 e. The Kier molecular flexibility index (Phi) is 11.0. The Morgan fingerprint density at radius 3 is 1.14 bits per heavy atom. The molecule has 0 unspecified atom stereocenters. The Morgan fingerprint density at radius 2 is 1.14 bits per heavy atom. The summed E-state index contributed by atoms with van der Waals surface area (Å²) in [5.74, 6) is 0. The van der Waals surface area contributed by atoms with Crippen molar-refractivity contribution in [2.45, 2.75) is 0 Å². The van der Waals surface area contributed by atoms with E-state index in [-0.39, 0.29) is 27.9 Å². The van der Waals surface area contributed by atoms with Crippen LogP contribution >= 0.6 is 7.82 Å². The molecule has 0 spiro atoms. The summed E-state index contributed by atoms with van der Waals surface area (Å²) in [6.07, 6.45) is 0. The molecule has 0 aromatic carbocycles. The molecule has 0 radical (unpaired) electrons. The molecule has 0 aliphatic rings. The van der Waals surface area contributed by atoms with Crippen LogP contribution in [0.25, 0.3) is 0 Å². The molecular formula is H4NO4PTi. The second kappa shape index (κ2) is 4.93. The minimum absolute atomic E-state index is 0. The van der Waals surface area contributed by atoms with Crippen LogP contribution in [0.3, 0.4) is 0 Å². The van der Waals surface area contributed by atoms with Crippen LogP contribution in [0, 0.1) is 0 Å². The average Bonchev–Trinajstić information content (AvgIpc) is 0.722. The van der Waals surface area contributed by atoms with E-state index in [1.807, 2.05) is 0 Å². The summed E-state index contributed by atoms with van der Waals surface area (Å²) in [4.78, 5) is 25.6. The minimum Gasteiger partial charge on any atom is -0.822 e. The van der Waals surface area contributed by atoms with Crippen LogP contribution in [0.2, 0.25) is 0 Å². The number of rotatable bonds is 0. The fourth-order valence-electron chi connectivity index (χ4n) is 0. The van der Waals surface area contributed by atoms with Crippen LogP contribution in [0.5, 0.6) is 0 Å². The number of hydrogen-bond acceptors (Lipinski definition) is 4. The zero-order chi connectivity index (χ0) is 4.50. The third-order valence-electron chi connectivity index (χ3n) is 0. The van der Waals surface area contributed by atoms with Gasteiger partial charge in [-0.05, 0) is 0 Å². The van der Waals surface area contributed by atoms with Crippen LogP contribution in [-0.2, 0) is 26.3 Å². The molecule has 7 heavy (non-hydrogen) atoms. The first kappa shape index (κ1) is 15.7. The number of hydrogen-bond donors (Lipinski definition) is 1. The average molecular weight is 161 g/mol. The van der Waals surface area contributed by atoms with E-state index in [1.54, 1.807) is 0 Å². The fourth-order valence-corrected chi connectivity index (χ4v) is 0. The molecule has 0 bridgehead atoms. The Hall–Kier alpha value is 0.784. The Bertz CT molecular complexity index is 57.8. The SMILES string of the molecule is O=P([O-])([O-])[O-].[NH4+].[Ti+2]. The van der Waals surface area contributed by atoms with E-state index in [1.165, 1.54) is 0 Å². The Morgan fingerprint density at radius 1 is 1.14 bits per heavy atom. The molecule has 0 aliphatic heterocycles. The van der Waals surface area contributed by atoms with Gasteiger partial charge in [0.05, 0.1) is 0 Å². The van der Waals surface area contributed by atoms with Crippen molar-refractivity contribution in [2.75, 3.05) is 0 Å². The summed E-state index contributed by atoms with van der Waals surface area (Å²) < 4.78 is 8.55. The van der Waals surface area contributed by atoms with Gasteiger partial charge in [0.15, 0.2) is 0 Å². The molecule has 7 heteroatoms. The third kappa shape index (κ3) is 252. The van der Waals surface area contributed by atoms with Gasteiger partial charge in [-0.25, -0.2) is 0 Å². The fraction of sp³-hybridized carbons (Fsp3) is 0. The maximum Gasteiger partial charge on any atom is 2.00 e. The van der Waals surface area contributed by atoms with Crippen molar-refractivity contribution in [3.8, 4) is 0 Å². The van der Waals surface area contributed by atoms with Crippen molar-refractivity contribution >= 4 is 7.82 Å². The van der Waals surface area contributed by atoms with E-state index in [9.17, 15) is 0 Å². The van der Waals surface area contributed by atoms with Gasteiger partial charge in [0.1, 0.15) is 0 Å². The van der Waals surface area contributed by atoms with Gasteiger partial charge < -0.3 is 25.4 Å². The van der Waals surface area contributed by atoms with Crippen molar-refractivity contribution in [3.63, 3.8) is 0 Å².